The largest absolute Gasteiger partial charge is 0.309 e. The summed E-state index contributed by atoms with van der Waals surface area (Å²) in [7, 11) is 0. The highest BCUT2D eigenvalue weighted by atomic mass is 79.9. The summed E-state index contributed by atoms with van der Waals surface area (Å²) in [5, 5.41) is 2.51. The van der Waals surface area contributed by atoms with Gasteiger partial charge in [0.2, 0.25) is 0 Å². The number of halogens is 2. The Balaban J connectivity index is 1.72. The van der Waals surface area contributed by atoms with E-state index in [0.29, 0.717) is 0 Å². The predicted octanol–water partition coefficient (Wildman–Crippen LogP) is 8.37. The third kappa shape index (κ3) is 3.87. The summed E-state index contributed by atoms with van der Waals surface area (Å²) in [6.07, 6.45) is 9.36. The van der Waals surface area contributed by atoms with Crippen LogP contribution in [-0.4, -0.2) is 4.57 Å². The van der Waals surface area contributed by atoms with Crippen molar-refractivity contribution in [2.45, 2.75) is 19.3 Å². The zero-order valence-corrected chi connectivity index (χ0v) is 18.7. The average Bonchev–Trinajstić information content (AvgIpc) is 3.01. The van der Waals surface area contributed by atoms with Crippen LogP contribution in [0.25, 0.3) is 27.5 Å². The van der Waals surface area contributed by atoms with Crippen molar-refractivity contribution in [3.63, 3.8) is 0 Å². The zero-order valence-electron chi connectivity index (χ0n) is 15.5. The summed E-state index contributed by atoms with van der Waals surface area (Å²) in [5.41, 5.74) is 5.01. The second kappa shape index (κ2) is 8.50. The molecule has 0 aliphatic rings. The van der Waals surface area contributed by atoms with Gasteiger partial charge in [-0.15, -0.1) is 0 Å². The SMILES string of the molecule is C=CC=CCCCc1ccc(-n2c3ccc(Br)cc3c3cc(Br)ccc32)cc1. The first-order valence-corrected chi connectivity index (χ1v) is 11.0. The second-order valence-corrected chi connectivity index (χ2v) is 8.71. The van der Waals surface area contributed by atoms with Crippen LogP contribution in [0.3, 0.4) is 0 Å². The maximum Gasteiger partial charge on any atom is 0.0541 e. The molecule has 0 saturated carbocycles. The summed E-state index contributed by atoms with van der Waals surface area (Å²) in [6, 6.07) is 22.0. The molecular weight excluding hydrogens is 474 g/mol. The molecule has 3 aromatic carbocycles. The molecule has 0 saturated heterocycles. The van der Waals surface area contributed by atoms with Gasteiger partial charge >= 0.3 is 0 Å². The van der Waals surface area contributed by atoms with Crippen molar-refractivity contribution in [3.8, 4) is 5.69 Å². The molecule has 4 aromatic rings. The molecule has 1 heterocycles. The van der Waals surface area contributed by atoms with E-state index in [0.717, 1.165) is 28.2 Å². The molecule has 140 valence electrons. The molecule has 0 N–H and O–H groups in total. The van der Waals surface area contributed by atoms with Crippen LogP contribution in [0.1, 0.15) is 18.4 Å². The van der Waals surface area contributed by atoms with Gasteiger partial charge in [-0.25, -0.2) is 0 Å². The lowest BCUT2D eigenvalue weighted by Crippen LogP contribution is -1.94. The van der Waals surface area contributed by atoms with Gasteiger partial charge in [-0.1, -0.05) is 68.8 Å². The van der Waals surface area contributed by atoms with Crippen LogP contribution < -0.4 is 0 Å². The van der Waals surface area contributed by atoms with Crippen LogP contribution in [0.5, 0.6) is 0 Å². The standard InChI is InChI=1S/C25H21Br2N/c1-2-3-4-5-6-7-18-8-12-21(13-9-18)28-24-14-10-19(26)16-22(24)23-17-20(27)11-15-25(23)28/h2-4,8-17H,1,5-7H2. The van der Waals surface area contributed by atoms with Crippen molar-refractivity contribution in [2.75, 3.05) is 0 Å². The van der Waals surface area contributed by atoms with Gasteiger partial charge in [0.05, 0.1) is 11.0 Å². The third-order valence-electron chi connectivity index (χ3n) is 4.99. The van der Waals surface area contributed by atoms with Crippen LogP contribution in [-0.2, 0) is 6.42 Å². The van der Waals surface area contributed by atoms with E-state index in [1.54, 1.807) is 0 Å². The first-order chi connectivity index (χ1) is 13.7. The van der Waals surface area contributed by atoms with E-state index in [-0.39, 0.29) is 0 Å². The van der Waals surface area contributed by atoms with Gasteiger partial charge in [0.15, 0.2) is 0 Å². The summed E-state index contributed by atoms with van der Waals surface area (Å²) in [5.74, 6) is 0. The van der Waals surface area contributed by atoms with Crippen molar-refractivity contribution < 1.29 is 0 Å². The molecule has 1 aromatic heterocycles. The molecule has 0 amide bonds. The average molecular weight is 495 g/mol. The maximum absolute atomic E-state index is 3.71. The molecule has 0 atom stereocenters. The van der Waals surface area contributed by atoms with E-state index in [9.17, 15) is 0 Å². The third-order valence-corrected chi connectivity index (χ3v) is 5.98. The van der Waals surface area contributed by atoms with Gasteiger partial charge in [-0.3, -0.25) is 0 Å². The highest BCUT2D eigenvalue weighted by Crippen LogP contribution is 2.35. The Morgan fingerprint density at radius 3 is 2.00 bits per heavy atom. The fourth-order valence-corrected chi connectivity index (χ4v) is 4.40. The molecule has 3 heteroatoms. The van der Waals surface area contributed by atoms with Crippen LogP contribution in [0, 0.1) is 0 Å². The van der Waals surface area contributed by atoms with E-state index < -0.39 is 0 Å². The maximum atomic E-state index is 3.71. The lowest BCUT2D eigenvalue weighted by molar-refractivity contribution is 0.842. The van der Waals surface area contributed by atoms with Gasteiger partial charge in [-0.2, -0.15) is 0 Å². The number of hydrogen-bond donors (Lipinski definition) is 0. The van der Waals surface area contributed by atoms with Gasteiger partial charge in [0.25, 0.3) is 0 Å². The molecule has 28 heavy (non-hydrogen) atoms. The van der Waals surface area contributed by atoms with Crippen molar-refractivity contribution in [3.05, 3.63) is 100.0 Å². The molecule has 0 aliphatic carbocycles. The molecule has 0 aliphatic heterocycles. The monoisotopic (exact) mass is 493 g/mol. The fourth-order valence-electron chi connectivity index (χ4n) is 3.67. The Hall–Kier alpha value is -2.10. The van der Waals surface area contributed by atoms with Gasteiger partial charge in [0, 0.05) is 25.4 Å². The topological polar surface area (TPSA) is 4.93 Å². The van der Waals surface area contributed by atoms with Crippen LogP contribution in [0.2, 0.25) is 0 Å². The van der Waals surface area contributed by atoms with Gasteiger partial charge < -0.3 is 4.57 Å². The summed E-state index contributed by atoms with van der Waals surface area (Å²) in [6.45, 7) is 3.71. The molecule has 0 radical (unpaired) electrons. The molecule has 0 spiro atoms. The Morgan fingerprint density at radius 2 is 1.43 bits per heavy atom. The number of aryl methyl sites for hydroxylation is 1. The smallest absolute Gasteiger partial charge is 0.0541 e. The fraction of sp³-hybridized carbons (Fsp3) is 0.120. The summed E-state index contributed by atoms with van der Waals surface area (Å²) < 4.78 is 4.54. The number of unbranched alkanes of at least 4 members (excludes halogenated alkanes) is 1. The second-order valence-electron chi connectivity index (χ2n) is 6.88. The Labute approximate surface area is 182 Å². The zero-order chi connectivity index (χ0) is 19.5. The number of rotatable bonds is 6. The van der Waals surface area contributed by atoms with Crippen molar-refractivity contribution >= 4 is 53.7 Å². The lowest BCUT2D eigenvalue weighted by atomic mass is 10.1. The van der Waals surface area contributed by atoms with Crippen LogP contribution in [0.15, 0.2) is 94.4 Å². The number of benzene rings is 3. The van der Waals surface area contributed by atoms with E-state index in [1.807, 2.05) is 12.2 Å². The molecule has 1 nitrogen and oxygen atoms in total. The first-order valence-electron chi connectivity index (χ1n) is 9.43. The van der Waals surface area contributed by atoms with Crippen LogP contribution >= 0.6 is 31.9 Å². The first kappa shape index (κ1) is 19.2. The summed E-state index contributed by atoms with van der Waals surface area (Å²) in [4.78, 5) is 0. The number of fused-ring (bicyclic) bond motifs is 3. The molecule has 4 rings (SSSR count). The van der Waals surface area contributed by atoms with E-state index in [1.165, 1.54) is 33.1 Å². The Kier molecular flexibility index (Phi) is 5.84. The molecule has 0 fully saturated rings. The number of nitrogens with zero attached hydrogens (tertiary/aromatic N) is 1. The van der Waals surface area contributed by atoms with Crippen molar-refractivity contribution in [1.82, 2.24) is 4.57 Å². The number of hydrogen-bond acceptors (Lipinski definition) is 0. The normalized spacial score (nSPS) is 11.6. The molecule has 0 bridgehead atoms. The molecular formula is C25H21Br2N. The van der Waals surface area contributed by atoms with Crippen molar-refractivity contribution in [1.29, 1.82) is 0 Å². The predicted molar refractivity (Wildman–Crippen MR) is 128 cm³/mol. The minimum atomic E-state index is 1.09. The van der Waals surface area contributed by atoms with Crippen molar-refractivity contribution in [2.24, 2.45) is 0 Å². The van der Waals surface area contributed by atoms with E-state index in [2.05, 4.69) is 110 Å². The van der Waals surface area contributed by atoms with Gasteiger partial charge in [-0.05, 0) is 73.4 Å². The summed E-state index contributed by atoms with van der Waals surface area (Å²) >= 11 is 7.24. The minimum Gasteiger partial charge on any atom is -0.309 e. The number of allylic oxidation sites excluding steroid dienone is 3. The van der Waals surface area contributed by atoms with E-state index >= 15 is 0 Å². The minimum absolute atomic E-state index is 1.09. The number of aromatic nitrogens is 1. The quantitative estimate of drug-likeness (QED) is 0.187. The Morgan fingerprint density at radius 1 is 0.821 bits per heavy atom. The lowest BCUT2D eigenvalue weighted by Gasteiger charge is -2.09. The molecule has 0 unspecified atom stereocenters. The Bertz CT molecular complexity index is 1110. The van der Waals surface area contributed by atoms with Crippen LogP contribution in [0.4, 0.5) is 0 Å². The van der Waals surface area contributed by atoms with Gasteiger partial charge in [0.1, 0.15) is 0 Å². The highest BCUT2D eigenvalue weighted by Gasteiger charge is 2.13. The highest BCUT2D eigenvalue weighted by molar-refractivity contribution is 9.10. The van der Waals surface area contributed by atoms with E-state index in [4.69, 9.17) is 0 Å².